The van der Waals surface area contributed by atoms with Crippen LogP contribution in [0.25, 0.3) is 11.5 Å². The highest BCUT2D eigenvalue weighted by atomic mass is 35.5. The van der Waals surface area contributed by atoms with Crippen molar-refractivity contribution in [1.29, 1.82) is 0 Å². The van der Waals surface area contributed by atoms with E-state index < -0.39 is 11.7 Å². The van der Waals surface area contributed by atoms with Crippen molar-refractivity contribution < 1.29 is 17.7 Å². The first kappa shape index (κ1) is 20.9. The fourth-order valence-electron chi connectivity index (χ4n) is 3.16. The van der Waals surface area contributed by atoms with Gasteiger partial charge in [-0.05, 0) is 30.3 Å². The highest BCUT2D eigenvalue weighted by molar-refractivity contribution is 6.33. The number of benzene rings is 1. The number of pyridine rings is 1. The van der Waals surface area contributed by atoms with E-state index in [-0.39, 0.29) is 5.02 Å². The predicted molar refractivity (Wildman–Crippen MR) is 106 cm³/mol. The summed E-state index contributed by atoms with van der Waals surface area (Å²) in [4.78, 5) is 12.3. The molecule has 30 heavy (non-hydrogen) atoms. The van der Waals surface area contributed by atoms with Crippen molar-refractivity contribution in [2.45, 2.75) is 12.7 Å². The van der Waals surface area contributed by atoms with Crippen LogP contribution in [0.4, 0.5) is 19.0 Å². The van der Waals surface area contributed by atoms with Gasteiger partial charge in [-0.15, -0.1) is 0 Å². The van der Waals surface area contributed by atoms with Crippen LogP contribution >= 0.6 is 23.2 Å². The Labute approximate surface area is 180 Å². The van der Waals surface area contributed by atoms with E-state index in [0.29, 0.717) is 55.3 Å². The van der Waals surface area contributed by atoms with Crippen molar-refractivity contribution in [2.24, 2.45) is 0 Å². The van der Waals surface area contributed by atoms with E-state index in [1.807, 2.05) is 4.90 Å². The molecular formula is C19H16Cl2F3N5O. The molecule has 0 spiro atoms. The number of hydrogen-bond acceptors (Lipinski definition) is 6. The van der Waals surface area contributed by atoms with E-state index in [4.69, 9.17) is 27.7 Å². The number of hydrogen-bond donors (Lipinski definition) is 0. The first-order valence-electron chi connectivity index (χ1n) is 9.08. The molecule has 4 rings (SSSR count). The molecule has 1 aliphatic heterocycles. The summed E-state index contributed by atoms with van der Waals surface area (Å²) in [5, 5.41) is 4.63. The Bertz CT molecular complexity index is 1020. The highest BCUT2D eigenvalue weighted by Gasteiger charge is 2.32. The number of piperazine rings is 1. The van der Waals surface area contributed by atoms with Gasteiger partial charge in [-0.1, -0.05) is 28.4 Å². The summed E-state index contributed by atoms with van der Waals surface area (Å²) in [7, 11) is 0. The number of anilines is 1. The molecule has 1 fully saturated rings. The largest absolute Gasteiger partial charge is 0.417 e. The summed E-state index contributed by atoms with van der Waals surface area (Å²) in [6, 6.07) is 8.02. The molecule has 158 valence electrons. The van der Waals surface area contributed by atoms with Crippen molar-refractivity contribution >= 4 is 29.0 Å². The maximum absolute atomic E-state index is 12.8. The van der Waals surface area contributed by atoms with Crippen molar-refractivity contribution in [3.05, 3.63) is 58.0 Å². The van der Waals surface area contributed by atoms with Crippen LogP contribution in [0.15, 0.2) is 41.1 Å². The second kappa shape index (κ2) is 8.41. The summed E-state index contributed by atoms with van der Waals surface area (Å²) >= 11 is 11.9. The fraction of sp³-hybridized carbons (Fsp3) is 0.316. The molecule has 0 bridgehead atoms. The fourth-order valence-corrected chi connectivity index (χ4v) is 3.58. The molecule has 1 aliphatic rings. The van der Waals surface area contributed by atoms with E-state index in [1.165, 1.54) is 0 Å². The zero-order chi connectivity index (χ0) is 21.3. The summed E-state index contributed by atoms with van der Waals surface area (Å²) < 4.78 is 43.7. The molecule has 1 aromatic carbocycles. The van der Waals surface area contributed by atoms with Crippen LogP contribution in [0.2, 0.25) is 10.0 Å². The summed E-state index contributed by atoms with van der Waals surface area (Å²) in [6.07, 6.45) is -3.66. The minimum atomic E-state index is -4.47. The van der Waals surface area contributed by atoms with E-state index in [9.17, 15) is 13.2 Å². The van der Waals surface area contributed by atoms with Crippen LogP contribution in [0.5, 0.6) is 0 Å². The Morgan fingerprint density at radius 2 is 1.73 bits per heavy atom. The Morgan fingerprint density at radius 3 is 2.37 bits per heavy atom. The summed E-state index contributed by atoms with van der Waals surface area (Å²) in [5.41, 5.74) is -0.0746. The minimum absolute atomic E-state index is 0.0101. The average molecular weight is 458 g/mol. The lowest BCUT2D eigenvalue weighted by Crippen LogP contribution is -2.46. The van der Waals surface area contributed by atoms with E-state index in [1.54, 1.807) is 24.3 Å². The van der Waals surface area contributed by atoms with Crippen molar-refractivity contribution in [2.75, 3.05) is 31.1 Å². The molecule has 3 heterocycles. The quantitative estimate of drug-likeness (QED) is 0.561. The van der Waals surface area contributed by atoms with Crippen LogP contribution in [0.3, 0.4) is 0 Å². The maximum Gasteiger partial charge on any atom is 0.417 e. The molecule has 3 aromatic rings. The van der Waals surface area contributed by atoms with Crippen molar-refractivity contribution in [3.63, 3.8) is 0 Å². The van der Waals surface area contributed by atoms with Gasteiger partial charge in [0.2, 0.25) is 0 Å². The third-order valence-electron chi connectivity index (χ3n) is 4.75. The molecule has 0 saturated carbocycles. The standard InChI is InChI=1S/C19H16Cl2F3N5O/c20-14-3-1-12(2-4-14)18-26-16(27-30-18)11-28-5-7-29(8-6-28)17-15(21)9-13(10-25-17)19(22,23)24/h1-4,9-10H,5-8,11H2. The number of alkyl halides is 3. The molecular weight excluding hydrogens is 442 g/mol. The monoisotopic (exact) mass is 457 g/mol. The van der Waals surface area contributed by atoms with Crippen LogP contribution < -0.4 is 4.90 Å². The normalized spacial score (nSPS) is 15.6. The molecule has 11 heteroatoms. The first-order chi connectivity index (χ1) is 14.3. The van der Waals surface area contributed by atoms with Gasteiger partial charge in [0.25, 0.3) is 5.89 Å². The van der Waals surface area contributed by atoms with Crippen molar-refractivity contribution in [1.82, 2.24) is 20.0 Å². The third-order valence-corrected chi connectivity index (χ3v) is 5.28. The van der Waals surface area contributed by atoms with Crippen LogP contribution in [-0.4, -0.2) is 46.2 Å². The van der Waals surface area contributed by atoms with Crippen LogP contribution in [0.1, 0.15) is 11.4 Å². The van der Waals surface area contributed by atoms with Gasteiger partial charge in [0.05, 0.1) is 17.1 Å². The number of rotatable bonds is 4. The second-order valence-electron chi connectivity index (χ2n) is 6.81. The molecule has 2 aromatic heterocycles. The summed E-state index contributed by atoms with van der Waals surface area (Å²) in [5.74, 6) is 1.33. The van der Waals surface area contributed by atoms with Gasteiger partial charge in [0.15, 0.2) is 5.82 Å². The average Bonchev–Trinajstić information content (AvgIpc) is 3.17. The Kier molecular flexibility index (Phi) is 5.86. The number of halogens is 5. The lowest BCUT2D eigenvalue weighted by molar-refractivity contribution is -0.137. The van der Waals surface area contributed by atoms with Gasteiger partial charge in [0, 0.05) is 43.0 Å². The first-order valence-corrected chi connectivity index (χ1v) is 9.84. The molecule has 0 unspecified atom stereocenters. The zero-order valence-corrected chi connectivity index (χ0v) is 17.0. The lowest BCUT2D eigenvalue weighted by atomic mass is 10.2. The molecule has 0 aliphatic carbocycles. The van der Waals surface area contributed by atoms with Gasteiger partial charge in [-0.3, -0.25) is 4.90 Å². The van der Waals surface area contributed by atoms with Gasteiger partial charge in [-0.2, -0.15) is 18.2 Å². The zero-order valence-electron chi connectivity index (χ0n) is 15.5. The van der Waals surface area contributed by atoms with E-state index >= 15 is 0 Å². The molecule has 0 amide bonds. The SMILES string of the molecule is FC(F)(F)c1cnc(N2CCN(Cc3noc(-c4ccc(Cl)cc4)n3)CC2)c(Cl)c1. The lowest BCUT2D eigenvalue weighted by Gasteiger charge is -2.35. The minimum Gasteiger partial charge on any atom is -0.353 e. The Morgan fingerprint density at radius 1 is 1.03 bits per heavy atom. The predicted octanol–water partition coefficient (Wildman–Crippen LogP) is 4.78. The topological polar surface area (TPSA) is 58.3 Å². The smallest absolute Gasteiger partial charge is 0.353 e. The Balaban J connectivity index is 1.36. The van der Waals surface area contributed by atoms with Gasteiger partial charge in [-0.25, -0.2) is 4.98 Å². The van der Waals surface area contributed by atoms with E-state index in [0.717, 1.165) is 17.8 Å². The van der Waals surface area contributed by atoms with Gasteiger partial charge < -0.3 is 9.42 Å². The van der Waals surface area contributed by atoms with E-state index in [2.05, 4.69) is 20.0 Å². The molecule has 0 N–H and O–H groups in total. The van der Waals surface area contributed by atoms with Crippen molar-refractivity contribution in [3.8, 4) is 11.5 Å². The van der Waals surface area contributed by atoms with Crippen LogP contribution in [0, 0.1) is 0 Å². The second-order valence-corrected chi connectivity index (χ2v) is 7.66. The molecule has 0 radical (unpaired) electrons. The highest BCUT2D eigenvalue weighted by Crippen LogP contribution is 2.33. The number of aromatic nitrogens is 3. The maximum atomic E-state index is 12.8. The number of nitrogens with zero attached hydrogens (tertiary/aromatic N) is 5. The summed E-state index contributed by atoms with van der Waals surface area (Å²) in [6.45, 7) is 2.95. The third kappa shape index (κ3) is 4.69. The molecule has 0 atom stereocenters. The van der Waals surface area contributed by atoms with Crippen LogP contribution in [-0.2, 0) is 12.7 Å². The molecule has 1 saturated heterocycles. The van der Waals surface area contributed by atoms with Gasteiger partial charge in [0.1, 0.15) is 5.82 Å². The Hall–Kier alpha value is -2.36. The molecule has 6 nitrogen and oxygen atoms in total. The van der Waals surface area contributed by atoms with Gasteiger partial charge >= 0.3 is 6.18 Å².